The highest BCUT2D eigenvalue weighted by molar-refractivity contribution is 5.82. The lowest BCUT2D eigenvalue weighted by molar-refractivity contribution is 0.517. The van der Waals surface area contributed by atoms with E-state index in [2.05, 4.69) is 29.6 Å². The maximum absolute atomic E-state index is 5.47. The molecule has 0 atom stereocenters. The number of furan rings is 1. The van der Waals surface area contributed by atoms with Gasteiger partial charge in [0, 0.05) is 17.2 Å². The molecule has 0 fully saturated rings. The van der Waals surface area contributed by atoms with Crippen molar-refractivity contribution in [1.82, 2.24) is 14.6 Å². The highest BCUT2D eigenvalue weighted by Crippen LogP contribution is 2.31. The number of hydrogen-bond acceptors (Lipinski definition) is 4. The van der Waals surface area contributed by atoms with E-state index < -0.39 is 0 Å². The lowest BCUT2D eigenvalue weighted by atomic mass is 10.1. The first-order valence-electron chi connectivity index (χ1n) is 9.57. The van der Waals surface area contributed by atoms with E-state index in [0.29, 0.717) is 6.54 Å². The molecule has 0 aliphatic carbocycles. The van der Waals surface area contributed by atoms with Crippen LogP contribution in [-0.2, 0) is 6.54 Å². The van der Waals surface area contributed by atoms with Gasteiger partial charge in [-0.2, -0.15) is 9.61 Å². The number of hydrogen-bond donors (Lipinski definition) is 1. The summed E-state index contributed by atoms with van der Waals surface area (Å²) in [6, 6.07) is 26.4. The van der Waals surface area contributed by atoms with Crippen molar-refractivity contribution in [2.24, 2.45) is 0 Å². The third kappa shape index (κ3) is 3.27. The molecule has 3 heterocycles. The van der Waals surface area contributed by atoms with Gasteiger partial charge in [0.1, 0.15) is 11.6 Å². The molecule has 0 saturated heterocycles. The van der Waals surface area contributed by atoms with Gasteiger partial charge in [0.05, 0.1) is 24.2 Å². The zero-order valence-corrected chi connectivity index (χ0v) is 16.0. The number of aromatic nitrogens is 3. The number of fused-ring (bicyclic) bond motifs is 1. The molecule has 29 heavy (non-hydrogen) atoms. The van der Waals surface area contributed by atoms with Crippen LogP contribution in [0.4, 0.5) is 5.82 Å². The van der Waals surface area contributed by atoms with Crippen LogP contribution in [0.5, 0.6) is 0 Å². The van der Waals surface area contributed by atoms with Crippen LogP contribution in [0.1, 0.15) is 11.5 Å². The molecular formula is C24H20N4O. The molecule has 0 aliphatic heterocycles. The SMILES string of the molecule is Cc1nn2c(NCc3ccco3)cc(-c3ccccc3)nc2c1-c1ccccc1. The highest BCUT2D eigenvalue weighted by atomic mass is 16.3. The minimum Gasteiger partial charge on any atom is -0.467 e. The van der Waals surface area contributed by atoms with Crippen molar-refractivity contribution in [3.8, 4) is 22.4 Å². The second kappa shape index (κ2) is 7.28. The molecule has 0 bridgehead atoms. The molecule has 5 aromatic rings. The first-order chi connectivity index (χ1) is 14.3. The molecule has 0 radical (unpaired) electrons. The molecule has 0 unspecified atom stereocenters. The van der Waals surface area contributed by atoms with Crippen LogP contribution >= 0.6 is 0 Å². The zero-order chi connectivity index (χ0) is 19.6. The van der Waals surface area contributed by atoms with Gasteiger partial charge in [-0.15, -0.1) is 0 Å². The Balaban J connectivity index is 1.69. The van der Waals surface area contributed by atoms with Crippen molar-refractivity contribution in [3.05, 3.63) is 96.6 Å². The fourth-order valence-electron chi connectivity index (χ4n) is 3.54. The molecule has 5 rings (SSSR count). The lowest BCUT2D eigenvalue weighted by Crippen LogP contribution is -2.06. The van der Waals surface area contributed by atoms with Crippen LogP contribution < -0.4 is 5.32 Å². The first kappa shape index (κ1) is 17.3. The molecule has 0 amide bonds. The Morgan fingerprint density at radius 2 is 1.62 bits per heavy atom. The van der Waals surface area contributed by atoms with Crippen molar-refractivity contribution in [1.29, 1.82) is 0 Å². The summed E-state index contributed by atoms with van der Waals surface area (Å²) in [5, 5.41) is 8.24. The van der Waals surface area contributed by atoms with E-state index >= 15 is 0 Å². The third-order valence-electron chi connectivity index (χ3n) is 4.92. The second-order valence-electron chi connectivity index (χ2n) is 6.89. The lowest BCUT2D eigenvalue weighted by Gasteiger charge is -2.10. The standard InChI is InChI=1S/C24H20N4O/c1-17-23(19-11-6-3-7-12-19)24-26-21(18-9-4-2-5-10-18)15-22(28(24)27-17)25-16-20-13-8-14-29-20/h2-15,25H,16H2,1H3. The monoisotopic (exact) mass is 380 g/mol. The van der Waals surface area contributed by atoms with E-state index in [1.165, 1.54) is 0 Å². The fraction of sp³-hybridized carbons (Fsp3) is 0.0833. The van der Waals surface area contributed by atoms with E-state index in [9.17, 15) is 0 Å². The Kier molecular flexibility index (Phi) is 4.33. The van der Waals surface area contributed by atoms with E-state index in [1.807, 2.05) is 66.0 Å². The number of aryl methyl sites for hydroxylation is 1. The van der Waals surface area contributed by atoms with Gasteiger partial charge in [0.2, 0.25) is 0 Å². The first-order valence-corrected chi connectivity index (χ1v) is 9.57. The molecule has 5 nitrogen and oxygen atoms in total. The second-order valence-corrected chi connectivity index (χ2v) is 6.89. The van der Waals surface area contributed by atoms with E-state index in [0.717, 1.165) is 45.3 Å². The van der Waals surface area contributed by atoms with Crippen LogP contribution in [0.25, 0.3) is 28.0 Å². The molecule has 1 N–H and O–H groups in total. The van der Waals surface area contributed by atoms with Crippen molar-refractivity contribution < 1.29 is 4.42 Å². The normalized spacial score (nSPS) is 11.1. The predicted octanol–water partition coefficient (Wildman–Crippen LogP) is 5.58. The Morgan fingerprint density at radius 1 is 0.897 bits per heavy atom. The van der Waals surface area contributed by atoms with Gasteiger partial charge in [-0.3, -0.25) is 0 Å². The Morgan fingerprint density at radius 3 is 2.31 bits per heavy atom. The largest absolute Gasteiger partial charge is 0.467 e. The number of nitrogens with zero attached hydrogens (tertiary/aromatic N) is 3. The zero-order valence-electron chi connectivity index (χ0n) is 16.0. The summed E-state index contributed by atoms with van der Waals surface area (Å²) in [4.78, 5) is 4.99. The van der Waals surface area contributed by atoms with Gasteiger partial charge in [0.15, 0.2) is 5.65 Å². The van der Waals surface area contributed by atoms with Crippen molar-refractivity contribution in [3.63, 3.8) is 0 Å². The van der Waals surface area contributed by atoms with Crippen LogP contribution in [0.2, 0.25) is 0 Å². The van der Waals surface area contributed by atoms with Crippen LogP contribution in [-0.4, -0.2) is 14.6 Å². The average molecular weight is 380 g/mol. The third-order valence-corrected chi connectivity index (χ3v) is 4.92. The number of anilines is 1. The Hall–Kier alpha value is -3.86. The van der Waals surface area contributed by atoms with Crippen molar-refractivity contribution in [2.75, 3.05) is 5.32 Å². The number of rotatable bonds is 5. The minimum atomic E-state index is 0.569. The van der Waals surface area contributed by atoms with Crippen molar-refractivity contribution in [2.45, 2.75) is 13.5 Å². The predicted molar refractivity (Wildman–Crippen MR) is 115 cm³/mol. The molecule has 142 valence electrons. The van der Waals surface area contributed by atoms with Gasteiger partial charge >= 0.3 is 0 Å². The minimum absolute atomic E-state index is 0.569. The molecule has 0 aliphatic rings. The maximum atomic E-state index is 5.47. The van der Waals surface area contributed by atoms with E-state index in [4.69, 9.17) is 14.5 Å². The van der Waals surface area contributed by atoms with Crippen LogP contribution in [0.3, 0.4) is 0 Å². The van der Waals surface area contributed by atoms with E-state index in [-0.39, 0.29) is 0 Å². The topological polar surface area (TPSA) is 55.4 Å². The van der Waals surface area contributed by atoms with Crippen LogP contribution in [0, 0.1) is 6.92 Å². The Bertz CT molecular complexity index is 1240. The summed E-state index contributed by atoms with van der Waals surface area (Å²) < 4.78 is 7.35. The van der Waals surface area contributed by atoms with Gasteiger partial charge < -0.3 is 9.73 Å². The van der Waals surface area contributed by atoms with Crippen molar-refractivity contribution >= 4 is 11.5 Å². The summed E-state index contributed by atoms with van der Waals surface area (Å²) in [5.41, 5.74) is 5.89. The van der Waals surface area contributed by atoms with Gasteiger partial charge in [0.25, 0.3) is 0 Å². The summed E-state index contributed by atoms with van der Waals surface area (Å²) in [6.45, 7) is 2.59. The number of nitrogens with one attached hydrogen (secondary N) is 1. The van der Waals surface area contributed by atoms with E-state index in [1.54, 1.807) is 6.26 Å². The van der Waals surface area contributed by atoms with Gasteiger partial charge in [-0.25, -0.2) is 4.98 Å². The molecule has 2 aromatic carbocycles. The molecule has 0 saturated carbocycles. The molecule has 0 spiro atoms. The quantitative estimate of drug-likeness (QED) is 0.433. The maximum Gasteiger partial charge on any atom is 0.166 e. The Labute approximate surface area is 168 Å². The smallest absolute Gasteiger partial charge is 0.166 e. The van der Waals surface area contributed by atoms with Crippen LogP contribution in [0.15, 0.2) is 89.5 Å². The molecule has 3 aromatic heterocycles. The fourth-order valence-corrected chi connectivity index (χ4v) is 3.54. The summed E-state index contributed by atoms with van der Waals surface area (Å²) in [7, 11) is 0. The molecular weight excluding hydrogens is 360 g/mol. The summed E-state index contributed by atoms with van der Waals surface area (Å²) in [6.07, 6.45) is 1.68. The highest BCUT2D eigenvalue weighted by Gasteiger charge is 2.17. The average Bonchev–Trinajstić information content (AvgIpc) is 3.40. The molecule has 5 heteroatoms. The van der Waals surface area contributed by atoms with Gasteiger partial charge in [-0.05, 0) is 24.6 Å². The summed E-state index contributed by atoms with van der Waals surface area (Å²) >= 11 is 0. The van der Waals surface area contributed by atoms with Gasteiger partial charge in [-0.1, -0.05) is 60.7 Å². The summed E-state index contributed by atoms with van der Waals surface area (Å²) in [5.74, 6) is 1.74. The number of benzene rings is 2.